The van der Waals surface area contributed by atoms with Crippen LogP contribution in [-0.4, -0.2) is 16.7 Å². The van der Waals surface area contributed by atoms with Crippen molar-refractivity contribution in [3.8, 4) is 17.3 Å². The predicted octanol–water partition coefficient (Wildman–Crippen LogP) is 3.29. The predicted molar refractivity (Wildman–Crippen MR) is 76.8 cm³/mol. The molecule has 3 rings (SSSR count). The first-order valence-electron chi connectivity index (χ1n) is 6.52. The second-order valence-corrected chi connectivity index (χ2v) is 4.79. The maximum Gasteiger partial charge on any atom is 0.137 e. The molecule has 0 saturated carbocycles. The molecule has 0 aromatic carbocycles. The molecule has 1 aliphatic heterocycles. The minimum atomic E-state index is -0.0778. The number of fused-ring (bicyclic) bond motifs is 1. The number of pyridine rings is 1. The van der Waals surface area contributed by atoms with Crippen LogP contribution >= 0.6 is 0 Å². The highest BCUT2D eigenvalue weighted by Crippen LogP contribution is 2.37. The highest BCUT2D eigenvalue weighted by Gasteiger charge is 2.26. The van der Waals surface area contributed by atoms with E-state index in [9.17, 15) is 5.26 Å². The Morgan fingerprint density at radius 2 is 2.35 bits per heavy atom. The quantitative estimate of drug-likeness (QED) is 0.837. The van der Waals surface area contributed by atoms with Crippen LogP contribution in [0.2, 0.25) is 0 Å². The topological polar surface area (TPSA) is 50.8 Å². The van der Waals surface area contributed by atoms with Crippen LogP contribution in [0.3, 0.4) is 0 Å². The maximum absolute atomic E-state index is 9.44. The summed E-state index contributed by atoms with van der Waals surface area (Å²) in [6.07, 6.45) is 8.35. The Morgan fingerprint density at radius 3 is 3.00 bits per heavy atom. The number of nitriles is 1. The molecule has 0 saturated heterocycles. The Morgan fingerprint density at radius 1 is 1.50 bits per heavy atom. The zero-order valence-corrected chi connectivity index (χ0v) is 11.5. The molecule has 2 aromatic heterocycles. The van der Waals surface area contributed by atoms with Crippen LogP contribution in [0.25, 0.3) is 17.3 Å². The largest absolute Gasteiger partial charge is 0.361 e. The van der Waals surface area contributed by atoms with Gasteiger partial charge in [-0.2, -0.15) is 5.26 Å². The standard InChI is InChI=1S/C16H15N3O/c1-11-13(9-17)14-6-3-7-15(20-2)19(14)16(11)12-5-4-8-18-10-12/h3-6,8,10,15H,7H2,1-2H3. The summed E-state index contributed by atoms with van der Waals surface area (Å²) in [6.45, 7) is 1.98. The second-order valence-electron chi connectivity index (χ2n) is 4.79. The van der Waals surface area contributed by atoms with Crippen molar-refractivity contribution in [2.75, 3.05) is 7.11 Å². The zero-order chi connectivity index (χ0) is 14.1. The summed E-state index contributed by atoms with van der Waals surface area (Å²) in [6, 6.07) is 6.22. The van der Waals surface area contributed by atoms with Crippen molar-refractivity contribution in [3.05, 3.63) is 47.4 Å². The summed E-state index contributed by atoms with van der Waals surface area (Å²) in [5, 5.41) is 9.44. The third kappa shape index (κ3) is 1.75. The molecule has 2 aromatic rings. The molecule has 4 nitrogen and oxygen atoms in total. The van der Waals surface area contributed by atoms with Crippen LogP contribution in [0.4, 0.5) is 0 Å². The van der Waals surface area contributed by atoms with E-state index in [4.69, 9.17) is 4.74 Å². The van der Waals surface area contributed by atoms with Gasteiger partial charge in [0.2, 0.25) is 0 Å². The van der Waals surface area contributed by atoms with E-state index in [1.165, 1.54) is 0 Å². The van der Waals surface area contributed by atoms with E-state index in [2.05, 4.69) is 21.7 Å². The Kier molecular flexibility index (Phi) is 3.13. The van der Waals surface area contributed by atoms with Gasteiger partial charge in [0.25, 0.3) is 0 Å². The molecular formula is C16H15N3O. The molecule has 0 amide bonds. The first-order valence-corrected chi connectivity index (χ1v) is 6.52. The van der Waals surface area contributed by atoms with E-state index in [-0.39, 0.29) is 6.23 Å². The van der Waals surface area contributed by atoms with Gasteiger partial charge in [0.1, 0.15) is 12.3 Å². The number of hydrogen-bond acceptors (Lipinski definition) is 3. The summed E-state index contributed by atoms with van der Waals surface area (Å²) in [5.74, 6) is 0. The lowest BCUT2D eigenvalue weighted by atomic mass is 10.1. The van der Waals surface area contributed by atoms with Crippen molar-refractivity contribution < 1.29 is 4.74 Å². The molecule has 0 bridgehead atoms. The van der Waals surface area contributed by atoms with Gasteiger partial charge in [0, 0.05) is 31.5 Å². The van der Waals surface area contributed by atoms with Crippen molar-refractivity contribution in [2.45, 2.75) is 19.6 Å². The highest BCUT2D eigenvalue weighted by molar-refractivity contribution is 5.74. The van der Waals surface area contributed by atoms with Gasteiger partial charge < -0.3 is 9.30 Å². The number of aromatic nitrogens is 2. The average molecular weight is 265 g/mol. The summed E-state index contributed by atoms with van der Waals surface area (Å²) in [5.41, 5.74) is 4.62. The molecule has 4 heteroatoms. The van der Waals surface area contributed by atoms with Crippen molar-refractivity contribution in [1.82, 2.24) is 9.55 Å². The summed E-state index contributed by atoms with van der Waals surface area (Å²) in [4.78, 5) is 4.18. The fraction of sp³-hybridized carbons (Fsp3) is 0.250. The molecule has 20 heavy (non-hydrogen) atoms. The van der Waals surface area contributed by atoms with Crippen LogP contribution < -0.4 is 0 Å². The van der Waals surface area contributed by atoms with Gasteiger partial charge in [-0.05, 0) is 30.7 Å². The minimum absolute atomic E-state index is 0.0778. The van der Waals surface area contributed by atoms with Crippen molar-refractivity contribution in [1.29, 1.82) is 5.26 Å². The van der Waals surface area contributed by atoms with Gasteiger partial charge in [-0.25, -0.2) is 0 Å². The summed E-state index contributed by atoms with van der Waals surface area (Å²) >= 11 is 0. The lowest BCUT2D eigenvalue weighted by Gasteiger charge is -2.24. The Hall–Kier alpha value is -2.38. The SMILES string of the molecule is COC1CC=Cc2c(C#N)c(C)c(-c3cccnc3)n21. The number of nitrogens with zero attached hydrogens (tertiary/aromatic N) is 3. The van der Waals surface area contributed by atoms with Gasteiger partial charge in [-0.1, -0.05) is 6.08 Å². The van der Waals surface area contributed by atoms with E-state index in [0.717, 1.165) is 28.9 Å². The van der Waals surface area contributed by atoms with E-state index in [1.807, 2.05) is 31.3 Å². The molecule has 0 radical (unpaired) electrons. The van der Waals surface area contributed by atoms with Crippen LogP contribution in [0.1, 0.15) is 29.5 Å². The molecule has 0 fully saturated rings. The molecule has 1 atom stereocenters. The van der Waals surface area contributed by atoms with E-state index >= 15 is 0 Å². The lowest BCUT2D eigenvalue weighted by molar-refractivity contribution is 0.0463. The lowest BCUT2D eigenvalue weighted by Crippen LogP contribution is -2.16. The smallest absolute Gasteiger partial charge is 0.137 e. The normalized spacial score (nSPS) is 16.8. The van der Waals surface area contributed by atoms with Gasteiger partial charge in [0.15, 0.2) is 0 Å². The molecule has 0 spiro atoms. The van der Waals surface area contributed by atoms with E-state index in [1.54, 1.807) is 13.3 Å². The van der Waals surface area contributed by atoms with Crippen LogP contribution in [0, 0.1) is 18.3 Å². The van der Waals surface area contributed by atoms with Crippen molar-refractivity contribution >= 4 is 6.08 Å². The Balaban J connectivity index is 2.33. The molecule has 1 aliphatic rings. The highest BCUT2D eigenvalue weighted by atomic mass is 16.5. The number of rotatable bonds is 2. The fourth-order valence-corrected chi connectivity index (χ4v) is 2.80. The van der Waals surface area contributed by atoms with Gasteiger partial charge in [0.05, 0.1) is 17.0 Å². The minimum Gasteiger partial charge on any atom is -0.361 e. The van der Waals surface area contributed by atoms with Crippen LogP contribution in [-0.2, 0) is 4.74 Å². The number of hydrogen-bond donors (Lipinski definition) is 0. The summed E-state index contributed by atoms with van der Waals surface area (Å²) in [7, 11) is 1.70. The number of ether oxygens (including phenoxy) is 1. The van der Waals surface area contributed by atoms with Crippen molar-refractivity contribution in [2.24, 2.45) is 0 Å². The third-order valence-corrected chi connectivity index (χ3v) is 3.71. The first-order chi connectivity index (χ1) is 9.77. The number of methoxy groups -OCH3 is 1. The molecule has 0 aliphatic carbocycles. The van der Waals surface area contributed by atoms with Gasteiger partial charge in [-0.15, -0.1) is 0 Å². The summed E-state index contributed by atoms with van der Waals surface area (Å²) < 4.78 is 7.68. The third-order valence-electron chi connectivity index (χ3n) is 3.71. The van der Waals surface area contributed by atoms with E-state index in [0.29, 0.717) is 5.56 Å². The Labute approximate surface area is 117 Å². The monoisotopic (exact) mass is 265 g/mol. The maximum atomic E-state index is 9.44. The molecule has 0 N–H and O–H groups in total. The molecular weight excluding hydrogens is 250 g/mol. The molecule has 3 heterocycles. The second kappa shape index (κ2) is 4.95. The first kappa shape index (κ1) is 12.6. The zero-order valence-electron chi connectivity index (χ0n) is 11.5. The van der Waals surface area contributed by atoms with Gasteiger partial charge >= 0.3 is 0 Å². The Bertz CT molecular complexity index is 708. The van der Waals surface area contributed by atoms with Gasteiger partial charge in [-0.3, -0.25) is 4.98 Å². The fourth-order valence-electron chi connectivity index (χ4n) is 2.80. The molecule has 100 valence electrons. The average Bonchev–Trinajstić information content (AvgIpc) is 2.79. The van der Waals surface area contributed by atoms with Crippen molar-refractivity contribution in [3.63, 3.8) is 0 Å². The van der Waals surface area contributed by atoms with Crippen LogP contribution in [0.5, 0.6) is 0 Å². The van der Waals surface area contributed by atoms with E-state index < -0.39 is 0 Å². The molecule has 1 unspecified atom stereocenters. The van der Waals surface area contributed by atoms with Crippen LogP contribution in [0.15, 0.2) is 30.6 Å².